The molecule has 1 saturated heterocycles. The molecule has 0 spiro atoms. The third kappa shape index (κ3) is 3.42. The van der Waals surface area contributed by atoms with Gasteiger partial charge in [-0.25, -0.2) is 4.98 Å². The molecule has 1 fully saturated rings. The van der Waals surface area contributed by atoms with E-state index in [0.717, 1.165) is 31.8 Å². The number of amides is 1. The summed E-state index contributed by atoms with van der Waals surface area (Å²) in [5.41, 5.74) is 0.542. The minimum absolute atomic E-state index is 0.0175. The number of carbonyl (C=O) groups is 1. The van der Waals surface area contributed by atoms with Gasteiger partial charge in [0.25, 0.3) is 5.91 Å². The number of likely N-dealkylation sites (tertiary alicyclic amines) is 1. The van der Waals surface area contributed by atoms with Crippen LogP contribution in [0.25, 0.3) is 0 Å². The van der Waals surface area contributed by atoms with Crippen LogP contribution in [-0.2, 0) is 0 Å². The molecule has 5 heteroatoms. The van der Waals surface area contributed by atoms with E-state index >= 15 is 0 Å². The summed E-state index contributed by atoms with van der Waals surface area (Å²) >= 11 is 6.11. The Kier molecular flexibility index (Phi) is 5.24. The maximum absolute atomic E-state index is 12.5. The molecule has 1 aromatic heterocycles. The predicted octanol–water partition coefficient (Wildman–Crippen LogP) is 3.43. The van der Waals surface area contributed by atoms with Crippen molar-refractivity contribution in [3.05, 3.63) is 22.8 Å². The Morgan fingerprint density at radius 2 is 2.20 bits per heavy atom. The summed E-state index contributed by atoms with van der Waals surface area (Å²) in [5, 5.41) is 3.36. The van der Waals surface area contributed by atoms with Crippen molar-refractivity contribution < 1.29 is 4.79 Å². The summed E-state index contributed by atoms with van der Waals surface area (Å²) in [6.45, 7) is 3.88. The smallest absolute Gasteiger partial charge is 0.255 e. The zero-order chi connectivity index (χ0) is 14.5. The van der Waals surface area contributed by atoms with Crippen LogP contribution in [0.5, 0.6) is 0 Å². The van der Waals surface area contributed by atoms with Gasteiger partial charge in [-0.1, -0.05) is 31.4 Å². The van der Waals surface area contributed by atoms with E-state index in [1.807, 2.05) is 4.90 Å². The lowest BCUT2D eigenvalue weighted by Gasteiger charge is -2.32. The van der Waals surface area contributed by atoms with E-state index in [2.05, 4.69) is 17.2 Å². The van der Waals surface area contributed by atoms with Gasteiger partial charge in [0.2, 0.25) is 0 Å². The van der Waals surface area contributed by atoms with Gasteiger partial charge in [-0.3, -0.25) is 4.79 Å². The van der Waals surface area contributed by atoms with Crippen LogP contribution >= 0.6 is 11.6 Å². The Balaban J connectivity index is 2.05. The number of piperidine rings is 1. The normalized spacial score (nSPS) is 16.2. The standard InChI is InChI=1S/C15H22ClN3O/c1-3-4-11-5-7-19(8-6-11)15(20)12-9-14(17-2)18-10-13(12)16/h9-11H,3-8H2,1-2H3,(H,17,18). The molecule has 0 bridgehead atoms. The maximum Gasteiger partial charge on any atom is 0.255 e. The van der Waals surface area contributed by atoms with Crippen LogP contribution < -0.4 is 5.32 Å². The fraction of sp³-hybridized carbons (Fsp3) is 0.600. The summed E-state index contributed by atoms with van der Waals surface area (Å²) in [7, 11) is 1.78. The molecular formula is C15H22ClN3O. The highest BCUT2D eigenvalue weighted by atomic mass is 35.5. The molecule has 1 aliphatic rings. The molecule has 1 aromatic rings. The molecule has 110 valence electrons. The Bertz CT molecular complexity index is 470. The monoisotopic (exact) mass is 295 g/mol. The van der Waals surface area contributed by atoms with Crippen molar-refractivity contribution in [3.63, 3.8) is 0 Å². The highest BCUT2D eigenvalue weighted by molar-refractivity contribution is 6.33. The van der Waals surface area contributed by atoms with Crippen molar-refractivity contribution in [3.8, 4) is 0 Å². The van der Waals surface area contributed by atoms with Gasteiger partial charge in [0.1, 0.15) is 5.82 Å². The van der Waals surface area contributed by atoms with Gasteiger partial charge in [-0.05, 0) is 24.8 Å². The van der Waals surface area contributed by atoms with Gasteiger partial charge in [-0.2, -0.15) is 0 Å². The molecule has 0 unspecified atom stereocenters. The van der Waals surface area contributed by atoms with E-state index < -0.39 is 0 Å². The molecule has 0 saturated carbocycles. The number of nitrogens with zero attached hydrogens (tertiary/aromatic N) is 2. The van der Waals surface area contributed by atoms with Crippen LogP contribution in [0.4, 0.5) is 5.82 Å². The first kappa shape index (κ1) is 15.1. The van der Waals surface area contributed by atoms with Crippen LogP contribution in [0.3, 0.4) is 0 Å². The van der Waals surface area contributed by atoms with E-state index in [-0.39, 0.29) is 5.91 Å². The second-order valence-corrected chi connectivity index (χ2v) is 5.73. The first-order valence-corrected chi connectivity index (χ1v) is 7.66. The van der Waals surface area contributed by atoms with Crippen molar-refractivity contribution in [2.75, 3.05) is 25.5 Å². The molecule has 1 amide bonds. The quantitative estimate of drug-likeness (QED) is 0.925. The zero-order valence-electron chi connectivity index (χ0n) is 12.2. The summed E-state index contributed by atoms with van der Waals surface area (Å²) in [4.78, 5) is 18.6. The van der Waals surface area contributed by atoms with Gasteiger partial charge < -0.3 is 10.2 Å². The van der Waals surface area contributed by atoms with Gasteiger partial charge in [0.05, 0.1) is 10.6 Å². The molecule has 1 N–H and O–H groups in total. The lowest BCUT2D eigenvalue weighted by Crippen LogP contribution is -2.38. The molecule has 4 nitrogen and oxygen atoms in total. The fourth-order valence-electron chi connectivity index (χ4n) is 2.74. The fourth-order valence-corrected chi connectivity index (χ4v) is 2.93. The van der Waals surface area contributed by atoms with Crippen molar-refractivity contribution in [2.45, 2.75) is 32.6 Å². The second-order valence-electron chi connectivity index (χ2n) is 5.32. The first-order chi connectivity index (χ1) is 9.65. The van der Waals surface area contributed by atoms with Crippen LogP contribution in [0, 0.1) is 5.92 Å². The molecule has 0 radical (unpaired) electrons. The summed E-state index contributed by atoms with van der Waals surface area (Å²) in [6.07, 6.45) is 6.22. The Labute approximate surface area is 125 Å². The van der Waals surface area contributed by atoms with Gasteiger partial charge >= 0.3 is 0 Å². The molecule has 0 aromatic carbocycles. The van der Waals surface area contributed by atoms with Crippen LogP contribution in [-0.4, -0.2) is 35.9 Å². The van der Waals surface area contributed by atoms with Crippen molar-refractivity contribution in [1.82, 2.24) is 9.88 Å². The average Bonchev–Trinajstić information content (AvgIpc) is 2.48. The van der Waals surface area contributed by atoms with Gasteiger partial charge in [0, 0.05) is 26.3 Å². The summed E-state index contributed by atoms with van der Waals surface area (Å²) in [6, 6.07) is 1.72. The number of anilines is 1. The number of hydrogen-bond acceptors (Lipinski definition) is 3. The highest BCUT2D eigenvalue weighted by Gasteiger charge is 2.24. The minimum Gasteiger partial charge on any atom is -0.373 e. The molecule has 0 aliphatic carbocycles. The Hall–Kier alpha value is -1.29. The first-order valence-electron chi connectivity index (χ1n) is 7.28. The third-order valence-corrected chi connectivity index (χ3v) is 4.24. The Morgan fingerprint density at radius 1 is 1.50 bits per heavy atom. The number of hydrogen-bond donors (Lipinski definition) is 1. The number of carbonyl (C=O) groups excluding carboxylic acids is 1. The van der Waals surface area contributed by atoms with Crippen molar-refractivity contribution in [2.24, 2.45) is 5.92 Å². The van der Waals surface area contributed by atoms with E-state index in [1.165, 1.54) is 19.0 Å². The van der Waals surface area contributed by atoms with Gasteiger partial charge in [-0.15, -0.1) is 0 Å². The lowest BCUT2D eigenvalue weighted by atomic mass is 9.92. The largest absolute Gasteiger partial charge is 0.373 e. The third-order valence-electron chi connectivity index (χ3n) is 3.94. The maximum atomic E-state index is 12.5. The second kappa shape index (κ2) is 6.93. The number of halogens is 1. The molecule has 2 heterocycles. The van der Waals surface area contributed by atoms with E-state index in [1.54, 1.807) is 13.1 Å². The highest BCUT2D eigenvalue weighted by Crippen LogP contribution is 2.25. The predicted molar refractivity (Wildman–Crippen MR) is 82.3 cm³/mol. The molecule has 20 heavy (non-hydrogen) atoms. The van der Waals surface area contributed by atoms with E-state index in [0.29, 0.717) is 16.4 Å². The molecular weight excluding hydrogens is 274 g/mol. The van der Waals surface area contributed by atoms with Crippen LogP contribution in [0.15, 0.2) is 12.3 Å². The molecule has 2 rings (SSSR count). The lowest BCUT2D eigenvalue weighted by molar-refractivity contribution is 0.0686. The van der Waals surface area contributed by atoms with Crippen molar-refractivity contribution >= 4 is 23.3 Å². The average molecular weight is 296 g/mol. The summed E-state index contributed by atoms with van der Waals surface area (Å²) < 4.78 is 0. The van der Waals surface area contributed by atoms with Crippen LogP contribution in [0.1, 0.15) is 43.0 Å². The number of rotatable bonds is 4. The molecule has 1 aliphatic heterocycles. The topological polar surface area (TPSA) is 45.2 Å². The number of pyridine rings is 1. The summed E-state index contributed by atoms with van der Waals surface area (Å²) in [5.74, 6) is 1.45. The number of nitrogens with one attached hydrogen (secondary N) is 1. The zero-order valence-corrected chi connectivity index (χ0v) is 12.9. The molecule has 0 atom stereocenters. The Morgan fingerprint density at radius 3 is 2.80 bits per heavy atom. The van der Waals surface area contributed by atoms with Gasteiger partial charge in [0.15, 0.2) is 0 Å². The van der Waals surface area contributed by atoms with E-state index in [4.69, 9.17) is 11.6 Å². The van der Waals surface area contributed by atoms with Crippen LogP contribution in [0.2, 0.25) is 5.02 Å². The van der Waals surface area contributed by atoms with E-state index in [9.17, 15) is 4.79 Å². The van der Waals surface area contributed by atoms with Crippen molar-refractivity contribution in [1.29, 1.82) is 0 Å². The SMILES string of the molecule is CCCC1CCN(C(=O)c2cc(NC)ncc2Cl)CC1. The number of aromatic nitrogens is 1. The minimum atomic E-state index is 0.0175.